The summed E-state index contributed by atoms with van der Waals surface area (Å²) >= 11 is 0. The smallest absolute Gasteiger partial charge is 0.322 e. The number of nitrogens with zero attached hydrogens (tertiary/aromatic N) is 2. The zero-order chi connectivity index (χ0) is 13.5. The lowest BCUT2D eigenvalue weighted by atomic mass is 10.3. The first-order valence-corrected chi connectivity index (χ1v) is 6.98. The second kappa shape index (κ2) is 7.25. The highest BCUT2D eigenvalue weighted by molar-refractivity contribution is 7.89. The van der Waals surface area contributed by atoms with Gasteiger partial charge in [-0.25, -0.2) is 8.42 Å². The molecule has 17 heavy (non-hydrogen) atoms. The molecular weight excluding hydrogens is 244 g/mol. The van der Waals surface area contributed by atoms with Gasteiger partial charge in [-0.2, -0.15) is 9.57 Å². The van der Waals surface area contributed by atoms with Crippen molar-refractivity contribution in [1.82, 2.24) is 4.31 Å². The van der Waals surface area contributed by atoms with E-state index in [0.717, 1.165) is 4.31 Å². The number of esters is 1. The third-order valence-electron chi connectivity index (χ3n) is 1.98. The summed E-state index contributed by atoms with van der Waals surface area (Å²) in [5.74, 6) is -1.44. The van der Waals surface area contributed by atoms with E-state index in [-0.39, 0.29) is 25.6 Å². The van der Waals surface area contributed by atoms with Crippen LogP contribution in [0.2, 0.25) is 0 Å². The average Bonchev–Trinajstić information content (AvgIpc) is 2.16. The summed E-state index contributed by atoms with van der Waals surface area (Å²) in [4.78, 5) is 11.2. The number of hydrogen-bond acceptors (Lipinski definition) is 5. The van der Waals surface area contributed by atoms with Gasteiger partial charge in [-0.1, -0.05) is 0 Å². The van der Waals surface area contributed by atoms with Gasteiger partial charge in [0.2, 0.25) is 10.0 Å². The summed E-state index contributed by atoms with van der Waals surface area (Å²) in [6.45, 7) is 5.24. The van der Waals surface area contributed by atoms with Crippen LogP contribution in [0.4, 0.5) is 0 Å². The van der Waals surface area contributed by atoms with Crippen molar-refractivity contribution >= 4 is 16.0 Å². The average molecular weight is 262 g/mol. The Morgan fingerprint density at radius 3 is 2.47 bits per heavy atom. The first-order chi connectivity index (χ1) is 7.85. The zero-order valence-electron chi connectivity index (χ0n) is 10.3. The molecule has 7 heteroatoms. The Morgan fingerprint density at radius 2 is 2.06 bits per heavy atom. The van der Waals surface area contributed by atoms with Crippen molar-refractivity contribution in [2.75, 3.05) is 18.9 Å². The largest absolute Gasteiger partial charge is 0.465 e. The summed E-state index contributed by atoms with van der Waals surface area (Å²) in [5.41, 5.74) is 0. The predicted octanol–water partition coefficient (Wildman–Crippen LogP) is 0.503. The van der Waals surface area contributed by atoms with E-state index in [0.29, 0.717) is 0 Å². The van der Waals surface area contributed by atoms with Crippen molar-refractivity contribution in [3.8, 4) is 6.07 Å². The van der Waals surface area contributed by atoms with Crippen LogP contribution < -0.4 is 0 Å². The molecule has 0 unspecified atom stereocenters. The third-order valence-corrected chi connectivity index (χ3v) is 3.90. The Balaban J connectivity index is 4.73. The summed E-state index contributed by atoms with van der Waals surface area (Å²) in [7, 11) is -3.71. The van der Waals surface area contributed by atoms with Gasteiger partial charge < -0.3 is 4.74 Å². The molecule has 0 saturated heterocycles. The van der Waals surface area contributed by atoms with Gasteiger partial charge in [-0.3, -0.25) is 4.79 Å². The van der Waals surface area contributed by atoms with Crippen LogP contribution in [0.3, 0.4) is 0 Å². The van der Waals surface area contributed by atoms with Gasteiger partial charge in [0, 0.05) is 19.0 Å². The van der Waals surface area contributed by atoms with Gasteiger partial charge in [0.15, 0.2) is 5.75 Å². The number of ether oxygens (including phenoxy) is 1. The number of rotatable bonds is 7. The van der Waals surface area contributed by atoms with E-state index in [4.69, 9.17) is 5.26 Å². The maximum absolute atomic E-state index is 11.9. The summed E-state index contributed by atoms with van der Waals surface area (Å²) in [6, 6.07) is 1.59. The molecule has 0 saturated carbocycles. The summed E-state index contributed by atoms with van der Waals surface area (Å²) in [6.07, 6.45) is 0.0975. The topological polar surface area (TPSA) is 87.5 Å². The molecule has 0 heterocycles. The molecule has 0 aliphatic heterocycles. The van der Waals surface area contributed by atoms with Crippen molar-refractivity contribution in [2.45, 2.75) is 33.2 Å². The van der Waals surface area contributed by atoms with Crippen molar-refractivity contribution in [2.24, 2.45) is 0 Å². The molecule has 0 radical (unpaired) electrons. The third kappa shape index (κ3) is 5.65. The maximum Gasteiger partial charge on any atom is 0.322 e. The predicted molar refractivity (Wildman–Crippen MR) is 62.5 cm³/mol. The molecular formula is C10H18N2O4S. The van der Waals surface area contributed by atoms with Crippen molar-refractivity contribution in [3.05, 3.63) is 0 Å². The number of carbonyl (C=O) groups excluding carboxylic acids is 1. The van der Waals surface area contributed by atoms with Crippen molar-refractivity contribution < 1.29 is 17.9 Å². The fourth-order valence-electron chi connectivity index (χ4n) is 1.31. The van der Waals surface area contributed by atoms with E-state index in [1.54, 1.807) is 20.8 Å². The fraction of sp³-hybridized carbons (Fsp3) is 0.800. The molecule has 0 N–H and O–H groups in total. The number of sulfonamides is 1. The Bertz CT molecular complexity index is 384. The SMILES string of the molecule is CCOC(=O)CS(=O)(=O)N(CCC#N)C(C)C. The Hall–Kier alpha value is -1.13. The molecule has 0 aromatic rings. The Kier molecular flexibility index (Phi) is 6.76. The minimum absolute atomic E-state index is 0.0932. The van der Waals surface area contributed by atoms with Gasteiger partial charge in [-0.15, -0.1) is 0 Å². The zero-order valence-corrected chi connectivity index (χ0v) is 11.2. The summed E-state index contributed by atoms with van der Waals surface area (Å²) in [5, 5.41) is 8.47. The minimum atomic E-state index is -3.71. The number of carbonyl (C=O) groups is 1. The van der Waals surface area contributed by atoms with Gasteiger partial charge in [0.1, 0.15) is 0 Å². The van der Waals surface area contributed by atoms with E-state index in [1.165, 1.54) is 0 Å². The monoisotopic (exact) mass is 262 g/mol. The Morgan fingerprint density at radius 1 is 1.47 bits per heavy atom. The molecule has 0 spiro atoms. The van der Waals surface area contributed by atoms with E-state index in [1.807, 2.05) is 6.07 Å². The molecule has 0 bridgehead atoms. The number of hydrogen-bond donors (Lipinski definition) is 0. The second-order valence-corrected chi connectivity index (χ2v) is 5.60. The van der Waals surface area contributed by atoms with E-state index in [2.05, 4.69) is 4.74 Å². The second-order valence-electron chi connectivity index (χ2n) is 3.67. The van der Waals surface area contributed by atoms with Gasteiger partial charge in [0.05, 0.1) is 12.7 Å². The lowest BCUT2D eigenvalue weighted by Crippen LogP contribution is -2.41. The molecule has 0 atom stereocenters. The van der Waals surface area contributed by atoms with Crippen LogP contribution >= 0.6 is 0 Å². The molecule has 98 valence electrons. The van der Waals surface area contributed by atoms with Crippen molar-refractivity contribution in [3.63, 3.8) is 0 Å². The lowest BCUT2D eigenvalue weighted by Gasteiger charge is -2.24. The standard InChI is InChI=1S/C10H18N2O4S/c1-4-16-10(13)8-17(14,15)12(9(2)3)7-5-6-11/h9H,4-5,7-8H2,1-3H3. The normalized spacial score (nSPS) is 11.5. The van der Waals surface area contributed by atoms with Gasteiger partial charge >= 0.3 is 5.97 Å². The molecule has 6 nitrogen and oxygen atoms in total. The first kappa shape index (κ1) is 15.9. The van der Waals surface area contributed by atoms with E-state index in [9.17, 15) is 13.2 Å². The fourth-order valence-corrected chi connectivity index (χ4v) is 2.87. The van der Waals surface area contributed by atoms with Crippen LogP contribution in [0.5, 0.6) is 0 Å². The first-order valence-electron chi connectivity index (χ1n) is 5.37. The molecule has 0 aromatic heterocycles. The molecule has 0 aliphatic rings. The Labute approximate surface area is 102 Å². The van der Waals surface area contributed by atoms with Crippen LogP contribution in [0.25, 0.3) is 0 Å². The molecule has 0 amide bonds. The summed E-state index contributed by atoms with van der Waals surface area (Å²) < 4.78 is 29.5. The highest BCUT2D eigenvalue weighted by atomic mass is 32.2. The molecule has 0 rings (SSSR count). The molecule has 0 aromatic carbocycles. The highest BCUT2D eigenvalue weighted by Crippen LogP contribution is 2.09. The molecule has 0 fully saturated rings. The van der Waals surface area contributed by atoms with E-state index >= 15 is 0 Å². The maximum atomic E-state index is 11.9. The quantitative estimate of drug-likeness (QED) is 0.623. The number of nitriles is 1. The minimum Gasteiger partial charge on any atom is -0.465 e. The van der Waals surface area contributed by atoms with Crippen LogP contribution in [-0.2, 0) is 19.6 Å². The highest BCUT2D eigenvalue weighted by Gasteiger charge is 2.27. The van der Waals surface area contributed by atoms with Crippen LogP contribution in [0.1, 0.15) is 27.2 Å². The van der Waals surface area contributed by atoms with Gasteiger partial charge in [0.25, 0.3) is 0 Å². The van der Waals surface area contributed by atoms with E-state index < -0.39 is 21.7 Å². The lowest BCUT2D eigenvalue weighted by molar-refractivity contribution is -0.140. The van der Waals surface area contributed by atoms with Crippen molar-refractivity contribution in [1.29, 1.82) is 5.26 Å². The molecule has 0 aliphatic carbocycles. The van der Waals surface area contributed by atoms with Crippen LogP contribution in [0, 0.1) is 11.3 Å². The van der Waals surface area contributed by atoms with Crippen LogP contribution in [-0.4, -0.2) is 43.6 Å². The van der Waals surface area contributed by atoms with Gasteiger partial charge in [-0.05, 0) is 20.8 Å². The van der Waals surface area contributed by atoms with Crippen LogP contribution in [0.15, 0.2) is 0 Å².